The van der Waals surface area contributed by atoms with Crippen LogP contribution >= 0.6 is 0 Å². The van der Waals surface area contributed by atoms with E-state index in [0.29, 0.717) is 6.42 Å². The molecule has 0 saturated carbocycles. The van der Waals surface area contributed by atoms with E-state index in [0.717, 1.165) is 17.7 Å². The average Bonchev–Trinajstić information content (AvgIpc) is 2.79. The lowest BCUT2D eigenvalue weighted by molar-refractivity contribution is -0.117. The van der Waals surface area contributed by atoms with Gasteiger partial charge in [0.15, 0.2) is 0 Å². The van der Waals surface area contributed by atoms with Gasteiger partial charge in [0.1, 0.15) is 0 Å². The molecule has 0 unspecified atom stereocenters. The van der Waals surface area contributed by atoms with Crippen molar-refractivity contribution >= 4 is 5.91 Å². The Kier molecular flexibility index (Phi) is 3.49. The Morgan fingerprint density at radius 2 is 2.35 bits per heavy atom. The lowest BCUT2D eigenvalue weighted by atomic mass is 10.2. The monoisotopic (exact) mass is 230 g/mol. The predicted molar refractivity (Wildman–Crippen MR) is 64.7 cm³/mol. The number of hydrogen-bond acceptors (Lipinski definition) is 3. The first-order chi connectivity index (χ1) is 8.29. The summed E-state index contributed by atoms with van der Waals surface area (Å²) in [5, 5.41) is 4.25. The van der Waals surface area contributed by atoms with E-state index in [2.05, 4.69) is 15.5 Å². The Bertz CT molecular complexity index is 492. The maximum Gasteiger partial charge on any atom is 0.240 e. The molecule has 1 N–H and O–H groups in total. The SMILES string of the molecule is CCCC(=O)Nn1ccc(-c2cccnc2)n1. The zero-order valence-corrected chi connectivity index (χ0v) is 9.63. The van der Waals surface area contributed by atoms with Gasteiger partial charge in [-0.2, -0.15) is 9.89 Å². The van der Waals surface area contributed by atoms with Gasteiger partial charge in [-0.3, -0.25) is 9.78 Å². The number of rotatable bonds is 4. The highest BCUT2D eigenvalue weighted by atomic mass is 16.2. The van der Waals surface area contributed by atoms with Crippen LogP contribution in [0, 0.1) is 0 Å². The van der Waals surface area contributed by atoms with Crippen LogP contribution in [-0.2, 0) is 4.79 Å². The second kappa shape index (κ2) is 5.25. The Morgan fingerprint density at radius 1 is 1.47 bits per heavy atom. The van der Waals surface area contributed by atoms with Gasteiger partial charge in [-0.15, -0.1) is 0 Å². The molecule has 0 aliphatic carbocycles. The van der Waals surface area contributed by atoms with Crippen LogP contribution in [0.5, 0.6) is 0 Å². The zero-order valence-electron chi connectivity index (χ0n) is 9.63. The third-order valence-electron chi connectivity index (χ3n) is 2.26. The van der Waals surface area contributed by atoms with E-state index in [1.807, 2.05) is 25.1 Å². The van der Waals surface area contributed by atoms with Gasteiger partial charge in [0.2, 0.25) is 5.91 Å². The van der Waals surface area contributed by atoms with Crippen LogP contribution in [0.1, 0.15) is 19.8 Å². The molecule has 5 nitrogen and oxygen atoms in total. The van der Waals surface area contributed by atoms with Crippen LogP contribution < -0.4 is 5.43 Å². The summed E-state index contributed by atoms with van der Waals surface area (Å²) in [4.78, 5) is 16.8. The van der Waals surface area contributed by atoms with Crippen LogP contribution in [0.15, 0.2) is 36.8 Å². The number of carbonyl (C=O) groups excluding carboxylic acids is 1. The quantitative estimate of drug-likeness (QED) is 0.871. The van der Waals surface area contributed by atoms with E-state index in [9.17, 15) is 4.79 Å². The second-order valence-corrected chi connectivity index (χ2v) is 3.67. The number of hydrogen-bond donors (Lipinski definition) is 1. The minimum absolute atomic E-state index is 0.0339. The Balaban J connectivity index is 2.09. The summed E-state index contributed by atoms with van der Waals surface area (Å²) in [6.45, 7) is 1.96. The van der Waals surface area contributed by atoms with Gasteiger partial charge in [0, 0.05) is 30.6 Å². The molecule has 0 radical (unpaired) electrons. The maximum absolute atomic E-state index is 11.4. The number of nitrogens with zero attached hydrogens (tertiary/aromatic N) is 3. The summed E-state index contributed by atoms with van der Waals surface area (Å²) in [6.07, 6.45) is 6.49. The summed E-state index contributed by atoms with van der Waals surface area (Å²) in [5.74, 6) is -0.0339. The molecule has 2 heterocycles. The molecule has 0 fully saturated rings. The van der Waals surface area contributed by atoms with E-state index in [1.165, 1.54) is 4.79 Å². The molecule has 0 spiro atoms. The van der Waals surface area contributed by atoms with Gasteiger partial charge >= 0.3 is 0 Å². The van der Waals surface area contributed by atoms with Crippen molar-refractivity contribution in [3.05, 3.63) is 36.8 Å². The minimum atomic E-state index is -0.0339. The first-order valence-corrected chi connectivity index (χ1v) is 5.55. The lowest BCUT2D eigenvalue weighted by Crippen LogP contribution is -2.22. The number of amides is 1. The van der Waals surface area contributed by atoms with Crippen molar-refractivity contribution in [2.24, 2.45) is 0 Å². The molecule has 1 amide bonds. The van der Waals surface area contributed by atoms with Crippen molar-refractivity contribution in [3.8, 4) is 11.3 Å². The number of carbonyl (C=O) groups is 1. The van der Waals surface area contributed by atoms with E-state index < -0.39 is 0 Å². The van der Waals surface area contributed by atoms with Crippen molar-refractivity contribution in [1.29, 1.82) is 0 Å². The van der Waals surface area contributed by atoms with Gasteiger partial charge in [-0.05, 0) is 24.6 Å². The van der Waals surface area contributed by atoms with E-state index in [4.69, 9.17) is 0 Å². The molecule has 0 bridgehead atoms. The maximum atomic E-state index is 11.4. The minimum Gasteiger partial charge on any atom is -0.273 e. The summed E-state index contributed by atoms with van der Waals surface area (Å²) in [7, 11) is 0. The van der Waals surface area contributed by atoms with Crippen LogP contribution in [0.25, 0.3) is 11.3 Å². The van der Waals surface area contributed by atoms with Crippen LogP contribution in [-0.4, -0.2) is 20.8 Å². The first kappa shape index (κ1) is 11.3. The normalized spacial score (nSPS) is 10.2. The molecular weight excluding hydrogens is 216 g/mol. The summed E-state index contributed by atoms with van der Waals surface area (Å²) >= 11 is 0. The van der Waals surface area contributed by atoms with E-state index in [-0.39, 0.29) is 5.91 Å². The molecule has 2 aromatic rings. The van der Waals surface area contributed by atoms with Gasteiger partial charge in [0.05, 0.1) is 5.69 Å². The Hall–Kier alpha value is -2.17. The largest absolute Gasteiger partial charge is 0.273 e. The van der Waals surface area contributed by atoms with Gasteiger partial charge in [0.25, 0.3) is 0 Å². The van der Waals surface area contributed by atoms with Gasteiger partial charge in [-0.25, -0.2) is 5.43 Å². The fourth-order valence-corrected chi connectivity index (χ4v) is 1.47. The van der Waals surface area contributed by atoms with Crippen LogP contribution in [0.2, 0.25) is 0 Å². The van der Waals surface area contributed by atoms with Crippen molar-refractivity contribution in [2.75, 3.05) is 5.43 Å². The van der Waals surface area contributed by atoms with Crippen molar-refractivity contribution in [2.45, 2.75) is 19.8 Å². The molecule has 0 aliphatic heterocycles. The molecule has 2 rings (SSSR count). The van der Waals surface area contributed by atoms with Crippen LogP contribution in [0.3, 0.4) is 0 Å². The molecule has 5 heteroatoms. The highest BCUT2D eigenvalue weighted by Crippen LogP contribution is 2.13. The summed E-state index contributed by atoms with van der Waals surface area (Å²) < 4.78 is 0. The van der Waals surface area contributed by atoms with Crippen molar-refractivity contribution < 1.29 is 4.79 Å². The standard InChI is InChI=1S/C12H14N4O/c1-2-4-12(17)15-16-8-6-11(14-16)10-5-3-7-13-9-10/h3,5-9H,2,4H2,1H3,(H,15,17). The molecule has 17 heavy (non-hydrogen) atoms. The third kappa shape index (κ3) is 2.90. The smallest absolute Gasteiger partial charge is 0.240 e. The first-order valence-electron chi connectivity index (χ1n) is 5.55. The third-order valence-corrected chi connectivity index (χ3v) is 2.26. The average molecular weight is 230 g/mol. The number of pyridine rings is 1. The van der Waals surface area contributed by atoms with E-state index >= 15 is 0 Å². The fraction of sp³-hybridized carbons (Fsp3) is 0.250. The topological polar surface area (TPSA) is 59.8 Å². The molecular formula is C12H14N4O. The fourth-order valence-electron chi connectivity index (χ4n) is 1.47. The van der Waals surface area contributed by atoms with Gasteiger partial charge < -0.3 is 0 Å². The molecule has 0 saturated heterocycles. The zero-order chi connectivity index (χ0) is 12.1. The van der Waals surface area contributed by atoms with Crippen molar-refractivity contribution in [1.82, 2.24) is 14.9 Å². The highest BCUT2D eigenvalue weighted by Gasteiger charge is 2.04. The van der Waals surface area contributed by atoms with Crippen molar-refractivity contribution in [3.63, 3.8) is 0 Å². The Labute approximate surface area is 99.5 Å². The second-order valence-electron chi connectivity index (χ2n) is 3.67. The Morgan fingerprint density at radius 3 is 3.06 bits per heavy atom. The molecule has 2 aromatic heterocycles. The lowest BCUT2D eigenvalue weighted by Gasteiger charge is -2.02. The molecule has 0 atom stereocenters. The number of nitrogens with one attached hydrogen (secondary N) is 1. The predicted octanol–water partition coefficient (Wildman–Crippen LogP) is 1.82. The van der Waals surface area contributed by atoms with E-state index in [1.54, 1.807) is 18.6 Å². The molecule has 0 aliphatic rings. The number of aromatic nitrogens is 3. The molecule has 0 aromatic carbocycles. The van der Waals surface area contributed by atoms with Gasteiger partial charge in [-0.1, -0.05) is 6.92 Å². The summed E-state index contributed by atoms with van der Waals surface area (Å²) in [6, 6.07) is 5.61. The summed E-state index contributed by atoms with van der Waals surface area (Å²) in [5.41, 5.74) is 4.39. The van der Waals surface area contributed by atoms with Crippen LogP contribution in [0.4, 0.5) is 0 Å². The highest BCUT2D eigenvalue weighted by molar-refractivity contribution is 5.83. The molecule has 88 valence electrons.